The highest BCUT2D eigenvalue weighted by atomic mass is 79.9. The van der Waals surface area contributed by atoms with Crippen molar-refractivity contribution in [1.82, 2.24) is 14.2 Å². The summed E-state index contributed by atoms with van der Waals surface area (Å²) in [6.45, 7) is 1.58. The fourth-order valence-electron chi connectivity index (χ4n) is 4.75. The molecule has 0 fully saturated rings. The molecule has 2 N–H and O–H groups in total. The van der Waals surface area contributed by atoms with Crippen molar-refractivity contribution in [3.8, 4) is 16.9 Å². The number of amides is 1. The quantitative estimate of drug-likeness (QED) is 0.0907. The van der Waals surface area contributed by atoms with Gasteiger partial charge in [-0.2, -0.15) is 18.3 Å². The molecule has 2 aromatic carbocycles. The van der Waals surface area contributed by atoms with E-state index in [-0.39, 0.29) is 27.7 Å². The molecule has 0 aliphatic carbocycles. The number of phenols is 1. The maximum absolute atomic E-state index is 14.8. The Balaban J connectivity index is 1.62. The Hall–Kier alpha value is -4.52. The van der Waals surface area contributed by atoms with Gasteiger partial charge in [-0.1, -0.05) is 28.1 Å². The number of fused-ring (bicyclic) bond motifs is 2. The highest BCUT2D eigenvalue weighted by molar-refractivity contribution is 9.09. The Kier molecular flexibility index (Phi) is 7.39. The summed E-state index contributed by atoms with van der Waals surface area (Å²) in [5.74, 6) is -4.69. The van der Waals surface area contributed by atoms with Gasteiger partial charge in [-0.15, -0.1) is 0 Å². The van der Waals surface area contributed by atoms with Gasteiger partial charge in [0.25, 0.3) is 0 Å². The van der Waals surface area contributed by atoms with E-state index in [9.17, 15) is 36.6 Å². The molecule has 3 heterocycles. The number of aryl methyl sites for hydroxylation is 2. The molecule has 7 nitrogen and oxygen atoms in total. The molecule has 0 saturated carbocycles. The van der Waals surface area contributed by atoms with Gasteiger partial charge in [0.1, 0.15) is 22.8 Å². The maximum Gasteiger partial charge on any atom is 0.417 e. The Morgan fingerprint density at radius 3 is 2.45 bits per heavy atom. The van der Waals surface area contributed by atoms with Crippen LogP contribution >= 0.6 is 15.9 Å². The molecule has 5 rings (SSSR count). The third kappa shape index (κ3) is 4.93. The van der Waals surface area contributed by atoms with Gasteiger partial charge in [-0.25, -0.2) is 8.78 Å². The number of nitrogens with one attached hydrogen (secondary N) is 1. The van der Waals surface area contributed by atoms with Gasteiger partial charge in [-0.05, 0) is 43.3 Å². The van der Waals surface area contributed by atoms with Crippen molar-refractivity contribution in [2.24, 2.45) is 7.05 Å². The highest BCUT2D eigenvalue weighted by Gasteiger charge is 2.37. The molecule has 13 heteroatoms. The fraction of sp³-hybridized carbons (Fsp3) is 0.138. The minimum Gasteiger partial charge on any atom is -0.505 e. The van der Waals surface area contributed by atoms with Gasteiger partial charge in [0.15, 0.2) is 5.75 Å². The zero-order chi connectivity index (χ0) is 30.5. The van der Waals surface area contributed by atoms with E-state index in [4.69, 9.17) is 0 Å². The molecular weight excluding hydrogens is 627 g/mol. The molecule has 0 aliphatic rings. The van der Waals surface area contributed by atoms with E-state index < -0.39 is 57.6 Å². The van der Waals surface area contributed by atoms with Crippen LogP contribution in [0.2, 0.25) is 0 Å². The average Bonchev–Trinajstić information content (AvgIpc) is 3.49. The van der Waals surface area contributed by atoms with Crippen molar-refractivity contribution in [3.05, 3.63) is 95.0 Å². The second-order valence-electron chi connectivity index (χ2n) is 9.34. The first-order chi connectivity index (χ1) is 19.8. The topological polar surface area (TPSA) is 88.6 Å². The van der Waals surface area contributed by atoms with Crippen molar-refractivity contribution in [2.75, 3.05) is 10.6 Å². The molecule has 0 spiro atoms. The monoisotopic (exact) mass is 646 g/mol. The van der Waals surface area contributed by atoms with E-state index in [1.165, 1.54) is 45.6 Å². The normalized spacial score (nSPS) is 12.1. The molecule has 0 aliphatic heterocycles. The second-order valence-corrected chi connectivity index (χ2v) is 9.98. The lowest BCUT2D eigenvalue weighted by molar-refractivity contribution is -0.137. The maximum atomic E-state index is 14.8. The number of aromatic nitrogens is 3. The number of ketones is 1. The zero-order valence-corrected chi connectivity index (χ0v) is 23.4. The van der Waals surface area contributed by atoms with Gasteiger partial charge in [0.05, 0.1) is 16.8 Å². The van der Waals surface area contributed by atoms with Crippen LogP contribution in [0.25, 0.3) is 27.5 Å². The van der Waals surface area contributed by atoms with Crippen LogP contribution in [0.3, 0.4) is 0 Å². The number of phenolic OH excluding ortho intramolecular Hbond substituents is 1. The Labute approximate surface area is 243 Å². The van der Waals surface area contributed by atoms with Crippen LogP contribution in [0.5, 0.6) is 5.75 Å². The van der Waals surface area contributed by atoms with E-state index in [0.717, 1.165) is 24.3 Å². The number of allylic oxidation sites excluding steroid dienone is 1. The fourth-order valence-corrected chi connectivity index (χ4v) is 4.94. The van der Waals surface area contributed by atoms with Crippen molar-refractivity contribution < 1.29 is 36.6 Å². The van der Waals surface area contributed by atoms with Crippen LogP contribution in [0.4, 0.5) is 27.6 Å². The lowest BCUT2D eigenvalue weighted by atomic mass is 9.95. The van der Waals surface area contributed by atoms with Crippen LogP contribution in [-0.4, -0.2) is 36.3 Å². The summed E-state index contributed by atoms with van der Waals surface area (Å²) >= 11 is 3.08. The second kappa shape index (κ2) is 10.7. The summed E-state index contributed by atoms with van der Waals surface area (Å²) in [4.78, 5) is 25.2. The predicted octanol–water partition coefficient (Wildman–Crippen LogP) is 6.92. The number of halogens is 6. The third-order valence-corrected chi connectivity index (χ3v) is 7.18. The summed E-state index contributed by atoms with van der Waals surface area (Å²) < 4.78 is 75.0. The van der Waals surface area contributed by atoms with Gasteiger partial charge in [-0.3, -0.25) is 14.3 Å². The lowest BCUT2D eigenvalue weighted by Crippen LogP contribution is -2.13. The van der Waals surface area contributed by atoms with Crippen LogP contribution in [0, 0.1) is 18.6 Å². The predicted molar refractivity (Wildman–Crippen MR) is 150 cm³/mol. The largest absolute Gasteiger partial charge is 0.505 e. The van der Waals surface area contributed by atoms with E-state index in [2.05, 4.69) is 26.3 Å². The number of benzene rings is 2. The number of hydrogen-bond acceptors (Lipinski definition) is 4. The van der Waals surface area contributed by atoms with Gasteiger partial charge >= 0.3 is 6.18 Å². The molecule has 0 atom stereocenters. The van der Waals surface area contributed by atoms with E-state index in [1.54, 1.807) is 14.0 Å². The number of aromatic hydroxyl groups is 1. The van der Waals surface area contributed by atoms with Gasteiger partial charge in [0.2, 0.25) is 11.7 Å². The van der Waals surface area contributed by atoms with Crippen LogP contribution < -0.4 is 5.32 Å². The summed E-state index contributed by atoms with van der Waals surface area (Å²) in [5.41, 5.74) is -2.39. The van der Waals surface area contributed by atoms with Crippen LogP contribution in [-0.2, 0) is 18.0 Å². The number of carbonyl (C=O) groups excluding carboxylic acids is 2. The summed E-state index contributed by atoms with van der Waals surface area (Å²) in [7, 11) is 1.54. The molecule has 1 amide bonds. The molecule has 0 unspecified atom stereocenters. The third-order valence-electron chi connectivity index (χ3n) is 6.81. The van der Waals surface area contributed by atoms with Crippen LogP contribution in [0.1, 0.15) is 27.3 Å². The number of rotatable bonds is 6. The molecule has 216 valence electrons. The van der Waals surface area contributed by atoms with Crippen molar-refractivity contribution in [1.29, 1.82) is 0 Å². The van der Waals surface area contributed by atoms with E-state index in [0.29, 0.717) is 11.0 Å². The van der Waals surface area contributed by atoms with Crippen molar-refractivity contribution in [3.63, 3.8) is 0 Å². The number of carbonyl (C=O) groups is 2. The summed E-state index contributed by atoms with van der Waals surface area (Å²) in [6, 6.07) is 7.84. The standard InChI is InChI=1S/C29H20BrF5N4O3/c1-14-17-13-18(29(33,34)35)24(28(42)25(17)37-38(14)2)16-5-4-10-39-21(16)7-8-22(39)27(41)15-11-19(31)26(20(32)12-15)36-23(40)6-3-9-30/h3-8,10-13,42H,9H2,1-2H3,(H,36,40)/b6-3+. The SMILES string of the molecule is Cc1c2cc(C(F)(F)F)c(-c3cccn4c(C(=O)c5cc(F)c(NC(=O)/C=C/CBr)c(F)c5)ccc34)c(O)c2nn1C. The minimum absolute atomic E-state index is 0.0244. The molecule has 0 bridgehead atoms. The number of nitrogens with zero attached hydrogens (tertiary/aromatic N) is 3. The molecule has 5 aromatic rings. The van der Waals surface area contributed by atoms with Crippen molar-refractivity contribution in [2.45, 2.75) is 13.1 Å². The van der Waals surface area contributed by atoms with Crippen LogP contribution in [0.15, 0.2) is 60.8 Å². The first-order valence-corrected chi connectivity index (χ1v) is 13.4. The Morgan fingerprint density at radius 1 is 1.12 bits per heavy atom. The summed E-state index contributed by atoms with van der Waals surface area (Å²) in [6.07, 6.45) is -0.956. The molecule has 0 radical (unpaired) electrons. The Bertz CT molecular complexity index is 1920. The Morgan fingerprint density at radius 2 is 1.81 bits per heavy atom. The van der Waals surface area contributed by atoms with Crippen molar-refractivity contribution >= 4 is 49.7 Å². The number of hydrogen-bond donors (Lipinski definition) is 2. The first-order valence-electron chi connectivity index (χ1n) is 12.3. The zero-order valence-electron chi connectivity index (χ0n) is 21.9. The molecule has 0 saturated heterocycles. The molecular formula is C29H20BrF5N4O3. The van der Waals surface area contributed by atoms with E-state index in [1.807, 2.05) is 0 Å². The smallest absolute Gasteiger partial charge is 0.417 e. The number of alkyl halides is 4. The number of pyridine rings is 1. The first kappa shape index (κ1) is 29.0. The molecule has 42 heavy (non-hydrogen) atoms. The van der Waals surface area contributed by atoms with Gasteiger partial charge in [0, 0.05) is 52.4 Å². The van der Waals surface area contributed by atoms with E-state index >= 15 is 0 Å². The lowest BCUT2D eigenvalue weighted by Gasteiger charge is -2.16. The van der Waals surface area contributed by atoms with Gasteiger partial charge < -0.3 is 14.8 Å². The highest BCUT2D eigenvalue weighted by Crippen LogP contribution is 2.47. The average molecular weight is 647 g/mol. The minimum atomic E-state index is -4.85. The number of anilines is 1. The molecule has 3 aromatic heterocycles. The summed E-state index contributed by atoms with van der Waals surface area (Å²) in [5, 5.41) is 17.8.